The molecule has 0 aliphatic rings. The molecule has 0 saturated carbocycles. The van der Waals surface area contributed by atoms with Gasteiger partial charge in [-0.15, -0.1) is 22.7 Å². The second kappa shape index (κ2) is 6.07. The number of carboxylic acids is 1. The normalized spacial score (nSPS) is 11.2. The van der Waals surface area contributed by atoms with Crippen LogP contribution in [0.25, 0.3) is 16.8 Å². The molecule has 3 aromatic rings. The van der Waals surface area contributed by atoms with E-state index in [2.05, 4.69) is 15.6 Å². The minimum atomic E-state index is -0.931. The summed E-state index contributed by atoms with van der Waals surface area (Å²) in [6.45, 7) is 0.735. The highest BCUT2D eigenvalue weighted by Gasteiger charge is 2.08. The van der Waals surface area contributed by atoms with E-state index in [1.165, 1.54) is 0 Å². The predicted octanol–water partition coefficient (Wildman–Crippen LogP) is 3.82. The minimum absolute atomic E-state index is 0.735. The lowest BCUT2D eigenvalue weighted by Crippen LogP contribution is -1.98. The zero-order valence-electron chi connectivity index (χ0n) is 11.0. The highest BCUT2D eigenvalue weighted by atomic mass is 32.1. The van der Waals surface area contributed by atoms with Crippen molar-refractivity contribution in [1.29, 1.82) is 0 Å². The van der Waals surface area contributed by atoms with Gasteiger partial charge in [0.25, 0.3) is 0 Å². The van der Waals surface area contributed by atoms with Crippen LogP contribution >= 0.6 is 22.7 Å². The smallest absolute Gasteiger partial charge is 0.328 e. The molecule has 0 atom stereocenters. The molecule has 0 fully saturated rings. The number of hydrogen-bond acceptors (Lipinski definition) is 4. The molecule has 4 nitrogen and oxygen atoms in total. The van der Waals surface area contributed by atoms with Gasteiger partial charge in [0.05, 0.1) is 11.4 Å². The summed E-state index contributed by atoms with van der Waals surface area (Å²) in [5.41, 5.74) is 0. The fourth-order valence-corrected chi connectivity index (χ4v) is 3.61. The van der Waals surface area contributed by atoms with Crippen molar-refractivity contribution in [3.63, 3.8) is 0 Å². The first-order valence-corrected chi connectivity index (χ1v) is 7.97. The number of carbonyl (C=O) groups is 1. The van der Waals surface area contributed by atoms with Gasteiger partial charge in [0.2, 0.25) is 0 Å². The third-order valence-corrected chi connectivity index (χ3v) is 4.76. The highest BCUT2D eigenvalue weighted by Crippen LogP contribution is 2.25. The summed E-state index contributed by atoms with van der Waals surface area (Å²) >= 11 is 3.25. The molecular formula is C15H12N2O2S2. The van der Waals surface area contributed by atoms with Crippen molar-refractivity contribution in [3.05, 3.63) is 57.9 Å². The van der Waals surface area contributed by atoms with Crippen molar-refractivity contribution in [2.75, 3.05) is 0 Å². The minimum Gasteiger partial charge on any atom is -0.478 e. The predicted molar refractivity (Wildman–Crippen MR) is 85.6 cm³/mol. The van der Waals surface area contributed by atoms with E-state index in [9.17, 15) is 4.79 Å². The van der Waals surface area contributed by atoms with Crippen molar-refractivity contribution >= 4 is 34.7 Å². The van der Waals surface area contributed by atoms with Crippen LogP contribution in [0, 0.1) is 0 Å². The van der Waals surface area contributed by atoms with Gasteiger partial charge in [-0.2, -0.15) is 0 Å². The van der Waals surface area contributed by atoms with E-state index >= 15 is 0 Å². The number of rotatable bonds is 5. The summed E-state index contributed by atoms with van der Waals surface area (Å²) in [5.74, 6) is 0.0283. The first-order valence-electron chi connectivity index (χ1n) is 6.27. The van der Waals surface area contributed by atoms with Crippen molar-refractivity contribution in [1.82, 2.24) is 9.55 Å². The first kappa shape index (κ1) is 13.8. The molecule has 3 heterocycles. The number of thiophene rings is 2. The fourth-order valence-electron chi connectivity index (χ4n) is 1.96. The SMILES string of the molecule is O=C(O)C=Cc1ccc(Cn2ccnc2-c2cccs2)s1. The topological polar surface area (TPSA) is 55.1 Å². The van der Waals surface area contributed by atoms with Crippen LogP contribution in [0.5, 0.6) is 0 Å². The quantitative estimate of drug-likeness (QED) is 0.728. The second-order valence-corrected chi connectivity index (χ2v) is 6.48. The Morgan fingerprint density at radius 3 is 3.05 bits per heavy atom. The van der Waals surface area contributed by atoms with E-state index in [0.717, 1.165) is 33.1 Å². The Morgan fingerprint density at radius 2 is 2.29 bits per heavy atom. The number of carboxylic acid groups (broad SMARTS) is 1. The summed E-state index contributed by atoms with van der Waals surface area (Å²) in [4.78, 5) is 18.2. The molecule has 1 N–H and O–H groups in total. The van der Waals surface area contributed by atoms with E-state index in [0.29, 0.717) is 0 Å². The van der Waals surface area contributed by atoms with Crippen molar-refractivity contribution in [2.45, 2.75) is 6.54 Å². The van der Waals surface area contributed by atoms with E-state index < -0.39 is 5.97 Å². The van der Waals surface area contributed by atoms with Gasteiger partial charge in [0.15, 0.2) is 0 Å². The van der Waals surface area contributed by atoms with E-state index in [1.54, 1.807) is 34.9 Å². The molecular weight excluding hydrogens is 304 g/mol. The van der Waals surface area contributed by atoms with Crippen LogP contribution in [0.4, 0.5) is 0 Å². The van der Waals surface area contributed by atoms with Gasteiger partial charge in [-0.3, -0.25) is 0 Å². The van der Waals surface area contributed by atoms with Gasteiger partial charge >= 0.3 is 5.97 Å². The molecule has 6 heteroatoms. The third-order valence-electron chi connectivity index (χ3n) is 2.86. The number of hydrogen-bond donors (Lipinski definition) is 1. The first-order chi connectivity index (χ1) is 10.2. The van der Waals surface area contributed by atoms with Crippen LogP contribution in [-0.4, -0.2) is 20.6 Å². The average molecular weight is 316 g/mol. The number of aliphatic carboxylic acids is 1. The average Bonchev–Trinajstić information content (AvgIpc) is 3.18. The molecule has 0 aliphatic heterocycles. The molecule has 0 radical (unpaired) electrons. The summed E-state index contributed by atoms with van der Waals surface area (Å²) in [6, 6.07) is 8.02. The molecule has 0 saturated heterocycles. The van der Waals surface area contributed by atoms with Crippen molar-refractivity contribution in [2.24, 2.45) is 0 Å². The van der Waals surface area contributed by atoms with Crippen molar-refractivity contribution < 1.29 is 9.90 Å². The number of nitrogens with zero attached hydrogens (tertiary/aromatic N) is 2. The zero-order chi connectivity index (χ0) is 14.7. The van der Waals surface area contributed by atoms with Gasteiger partial charge in [-0.05, 0) is 29.7 Å². The molecule has 21 heavy (non-hydrogen) atoms. The third kappa shape index (κ3) is 3.29. The molecule has 3 aromatic heterocycles. The number of aromatic nitrogens is 2. The van der Waals surface area contributed by atoms with Gasteiger partial charge in [-0.1, -0.05) is 6.07 Å². The van der Waals surface area contributed by atoms with Crippen LogP contribution in [0.15, 0.2) is 48.1 Å². The van der Waals surface area contributed by atoms with Gasteiger partial charge in [0.1, 0.15) is 5.82 Å². The molecule has 0 bridgehead atoms. The Kier molecular flexibility index (Phi) is 3.98. The number of imidazole rings is 1. The van der Waals surface area contributed by atoms with Crippen LogP contribution in [0.1, 0.15) is 9.75 Å². The summed E-state index contributed by atoms with van der Waals surface area (Å²) in [7, 11) is 0. The Balaban J connectivity index is 1.79. The summed E-state index contributed by atoms with van der Waals surface area (Å²) in [5, 5.41) is 10.7. The van der Waals surface area contributed by atoms with Gasteiger partial charge < -0.3 is 9.67 Å². The monoisotopic (exact) mass is 316 g/mol. The summed E-state index contributed by atoms with van der Waals surface area (Å²) < 4.78 is 2.10. The standard InChI is InChI=1S/C15H12N2O2S2/c18-14(19)6-5-11-3-4-12(21-11)10-17-8-7-16-15(17)13-2-1-9-20-13/h1-9H,10H2,(H,18,19). The Morgan fingerprint density at radius 1 is 1.38 bits per heavy atom. The largest absolute Gasteiger partial charge is 0.478 e. The van der Waals surface area contributed by atoms with Crippen molar-refractivity contribution in [3.8, 4) is 10.7 Å². The van der Waals surface area contributed by atoms with Crippen LogP contribution in [0.3, 0.4) is 0 Å². The lowest BCUT2D eigenvalue weighted by molar-refractivity contribution is -0.131. The molecule has 3 rings (SSSR count). The molecule has 0 spiro atoms. The lowest BCUT2D eigenvalue weighted by atomic mass is 10.4. The van der Waals surface area contributed by atoms with Gasteiger partial charge in [-0.25, -0.2) is 9.78 Å². The van der Waals surface area contributed by atoms with Crippen LogP contribution in [-0.2, 0) is 11.3 Å². The maximum atomic E-state index is 10.5. The molecule has 0 aromatic carbocycles. The fraction of sp³-hybridized carbons (Fsp3) is 0.0667. The Bertz CT molecular complexity index is 769. The Labute approximate surface area is 129 Å². The zero-order valence-corrected chi connectivity index (χ0v) is 12.6. The lowest BCUT2D eigenvalue weighted by Gasteiger charge is -2.04. The molecule has 0 unspecified atom stereocenters. The van der Waals surface area contributed by atoms with E-state index in [4.69, 9.17) is 5.11 Å². The maximum absolute atomic E-state index is 10.5. The molecule has 106 valence electrons. The maximum Gasteiger partial charge on any atom is 0.328 e. The summed E-state index contributed by atoms with van der Waals surface area (Å²) in [6.07, 6.45) is 6.53. The van der Waals surface area contributed by atoms with Crippen LogP contribution < -0.4 is 0 Å². The molecule has 0 aliphatic carbocycles. The van der Waals surface area contributed by atoms with Gasteiger partial charge in [0, 0.05) is 28.2 Å². The van der Waals surface area contributed by atoms with Crippen LogP contribution in [0.2, 0.25) is 0 Å². The highest BCUT2D eigenvalue weighted by molar-refractivity contribution is 7.13. The Hall–Kier alpha value is -2.18. The van der Waals surface area contributed by atoms with E-state index in [-0.39, 0.29) is 0 Å². The molecule has 0 amide bonds. The second-order valence-electron chi connectivity index (χ2n) is 4.33. The van der Waals surface area contributed by atoms with E-state index in [1.807, 2.05) is 29.8 Å².